The zero-order chi connectivity index (χ0) is 13.2. The molecular formula is C15H28N2O. The summed E-state index contributed by atoms with van der Waals surface area (Å²) in [6, 6.07) is 0.374. The number of nitrogens with one attached hydrogen (secondary N) is 1. The Morgan fingerprint density at radius 3 is 2.50 bits per heavy atom. The van der Waals surface area contributed by atoms with Crippen molar-refractivity contribution < 1.29 is 4.79 Å². The fraction of sp³-hybridized carbons (Fsp3) is 0.933. The molecule has 2 aliphatic rings. The number of rotatable bonds is 3. The predicted molar refractivity (Wildman–Crippen MR) is 74.1 cm³/mol. The van der Waals surface area contributed by atoms with Gasteiger partial charge in [0.1, 0.15) is 0 Å². The largest absolute Gasteiger partial charge is 0.353 e. The van der Waals surface area contributed by atoms with Gasteiger partial charge in [-0.15, -0.1) is 0 Å². The van der Waals surface area contributed by atoms with Gasteiger partial charge in [0, 0.05) is 12.6 Å². The molecule has 0 aliphatic heterocycles. The van der Waals surface area contributed by atoms with Gasteiger partial charge in [0.2, 0.25) is 5.91 Å². The van der Waals surface area contributed by atoms with Crippen molar-refractivity contribution in [3.8, 4) is 0 Å². The summed E-state index contributed by atoms with van der Waals surface area (Å²) >= 11 is 0. The fourth-order valence-electron chi connectivity index (χ4n) is 3.75. The molecule has 104 valence electrons. The van der Waals surface area contributed by atoms with Gasteiger partial charge < -0.3 is 11.1 Å². The first-order chi connectivity index (χ1) is 8.57. The number of hydrogen-bond acceptors (Lipinski definition) is 2. The van der Waals surface area contributed by atoms with Gasteiger partial charge in [-0.1, -0.05) is 33.1 Å². The van der Waals surface area contributed by atoms with E-state index in [-0.39, 0.29) is 11.3 Å². The second kappa shape index (κ2) is 5.60. The highest BCUT2D eigenvalue weighted by atomic mass is 16.2. The summed E-state index contributed by atoms with van der Waals surface area (Å²) in [6.07, 6.45) is 8.21. The van der Waals surface area contributed by atoms with Gasteiger partial charge in [-0.05, 0) is 37.5 Å². The molecule has 18 heavy (non-hydrogen) atoms. The molecule has 2 rings (SSSR count). The van der Waals surface area contributed by atoms with Crippen LogP contribution in [0.1, 0.15) is 58.8 Å². The molecule has 0 spiro atoms. The highest BCUT2D eigenvalue weighted by molar-refractivity contribution is 5.84. The van der Waals surface area contributed by atoms with E-state index in [2.05, 4.69) is 19.2 Å². The molecule has 2 unspecified atom stereocenters. The number of carbonyl (C=O) groups excluding carboxylic acids is 1. The monoisotopic (exact) mass is 252 g/mol. The zero-order valence-corrected chi connectivity index (χ0v) is 11.9. The maximum atomic E-state index is 12.5. The van der Waals surface area contributed by atoms with Crippen molar-refractivity contribution in [2.75, 3.05) is 6.54 Å². The van der Waals surface area contributed by atoms with Gasteiger partial charge in [-0.2, -0.15) is 0 Å². The van der Waals surface area contributed by atoms with Gasteiger partial charge in [0.25, 0.3) is 0 Å². The third-order valence-corrected chi connectivity index (χ3v) is 5.03. The Labute approximate surface area is 111 Å². The van der Waals surface area contributed by atoms with Crippen LogP contribution in [0.2, 0.25) is 0 Å². The molecule has 2 atom stereocenters. The lowest BCUT2D eigenvalue weighted by molar-refractivity contribution is -0.139. The molecular weight excluding hydrogens is 224 g/mol. The zero-order valence-electron chi connectivity index (χ0n) is 11.9. The third-order valence-electron chi connectivity index (χ3n) is 5.03. The molecule has 0 aromatic heterocycles. The van der Waals surface area contributed by atoms with Crippen LogP contribution in [0.15, 0.2) is 0 Å². The minimum atomic E-state index is -0.245. The number of hydrogen-bond donors (Lipinski definition) is 2. The lowest BCUT2D eigenvalue weighted by Crippen LogP contribution is -2.56. The van der Waals surface area contributed by atoms with Crippen LogP contribution in [-0.4, -0.2) is 18.5 Å². The molecule has 0 aromatic rings. The van der Waals surface area contributed by atoms with Crippen LogP contribution in [-0.2, 0) is 4.79 Å². The lowest BCUT2D eigenvalue weighted by Gasteiger charge is -2.45. The molecule has 1 amide bonds. The normalized spacial score (nSPS) is 40.7. The van der Waals surface area contributed by atoms with Crippen molar-refractivity contribution in [3.05, 3.63) is 0 Å². The summed E-state index contributed by atoms with van der Waals surface area (Å²) in [7, 11) is 0. The minimum absolute atomic E-state index is 0.224. The molecule has 0 aromatic carbocycles. The van der Waals surface area contributed by atoms with Crippen LogP contribution in [0.4, 0.5) is 0 Å². The quantitative estimate of drug-likeness (QED) is 0.758. The van der Waals surface area contributed by atoms with E-state index in [4.69, 9.17) is 5.73 Å². The number of amides is 1. The first-order valence-corrected chi connectivity index (χ1v) is 7.58. The summed E-state index contributed by atoms with van der Waals surface area (Å²) in [4.78, 5) is 12.5. The van der Waals surface area contributed by atoms with E-state index in [1.54, 1.807) is 0 Å². The van der Waals surface area contributed by atoms with E-state index in [0.29, 0.717) is 24.4 Å². The Hall–Kier alpha value is -0.570. The molecule has 0 bridgehead atoms. The Bertz CT molecular complexity index is 297. The Balaban J connectivity index is 1.93. The molecule has 0 radical (unpaired) electrons. The van der Waals surface area contributed by atoms with Gasteiger partial charge in [0.05, 0.1) is 5.41 Å². The van der Waals surface area contributed by atoms with Crippen LogP contribution in [0, 0.1) is 17.3 Å². The molecule has 0 heterocycles. The van der Waals surface area contributed by atoms with Crippen LogP contribution >= 0.6 is 0 Å². The van der Waals surface area contributed by atoms with E-state index >= 15 is 0 Å². The first-order valence-electron chi connectivity index (χ1n) is 7.58. The van der Waals surface area contributed by atoms with Crippen LogP contribution in [0.25, 0.3) is 0 Å². The van der Waals surface area contributed by atoms with Crippen molar-refractivity contribution in [1.29, 1.82) is 0 Å². The van der Waals surface area contributed by atoms with Crippen molar-refractivity contribution >= 4 is 5.91 Å². The van der Waals surface area contributed by atoms with Gasteiger partial charge in [0.15, 0.2) is 0 Å². The molecule has 2 saturated carbocycles. The average Bonchev–Trinajstić information content (AvgIpc) is 2.50. The maximum absolute atomic E-state index is 12.5. The average molecular weight is 252 g/mol. The van der Waals surface area contributed by atoms with Crippen molar-refractivity contribution in [3.63, 3.8) is 0 Å². The van der Waals surface area contributed by atoms with E-state index in [9.17, 15) is 4.79 Å². The Kier molecular flexibility index (Phi) is 4.31. The first kappa shape index (κ1) is 13.9. The fourth-order valence-corrected chi connectivity index (χ4v) is 3.75. The lowest BCUT2D eigenvalue weighted by atomic mass is 9.62. The number of nitrogens with two attached hydrogens (primary N) is 1. The van der Waals surface area contributed by atoms with Crippen molar-refractivity contribution in [2.24, 2.45) is 23.0 Å². The van der Waals surface area contributed by atoms with Gasteiger partial charge in [-0.3, -0.25) is 4.79 Å². The molecule has 3 heteroatoms. The Morgan fingerprint density at radius 2 is 1.89 bits per heavy atom. The summed E-state index contributed by atoms with van der Waals surface area (Å²) in [5, 5.41) is 3.30. The highest BCUT2D eigenvalue weighted by Crippen LogP contribution is 2.45. The third kappa shape index (κ3) is 2.71. The minimum Gasteiger partial charge on any atom is -0.353 e. The van der Waals surface area contributed by atoms with Crippen LogP contribution in [0.3, 0.4) is 0 Å². The second-order valence-corrected chi connectivity index (χ2v) is 6.69. The van der Waals surface area contributed by atoms with Crippen LogP contribution < -0.4 is 11.1 Å². The summed E-state index contributed by atoms with van der Waals surface area (Å²) in [5.41, 5.74) is 5.60. The van der Waals surface area contributed by atoms with Crippen molar-refractivity contribution in [1.82, 2.24) is 5.32 Å². The van der Waals surface area contributed by atoms with E-state index in [1.165, 1.54) is 25.7 Å². The standard InChI is InChI=1S/C15H28N2O/c1-11-8-15(9-11,10-16)14(18)17-13-7-5-3-4-6-12(13)2/h11-13H,3-10,16H2,1-2H3,(H,17,18). The topological polar surface area (TPSA) is 55.1 Å². The number of carbonyl (C=O) groups is 1. The molecule has 3 nitrogen and oxygen atoms in total. The molecule has 2 aliphatic carbocycles. The summed E-state index contributed by atoms with van der Waals surface area (Å²) in [5.74, 6) is 1.50. The van der Waals surface area contributed by atoms with Gasteiger partial charge in [-0.25, -0.2) is 0 Å². The second-order valence-electron chi connectivity index (χ2n) is 6.69. The van der Waals surface area contributed by atoms with Gasteiger partial charge >= 0.3 is 0 Å². The van der Waals surface area contributed by atoms with E-state index in [0.717, 1.165) is 19.3 Å². The van der Waals surface area contributed by atoms with Crippen molar-refractivity contribution in [2.45, 2.75) is 64.8 Å². The summed E-state index contributed by atoms with van der Waals surface area (Å²) in [6.45, 7) is 4.98. The highest BCUT2D eigenvalue weighted by Gasteiger charge is 2.47. The molecule has 2 fully saturated rings. The smallest absolute Gasteiger partial charge is 0.227 e. The molecule has 3 N–H and O–H groups in total. The predicted octanol–water partition coefficient (Wildman–Crippen LogP) is 2.45. The van der Waals surface area contributed by atoms with E-state index in [1.807, 2.05) is 0 Å². The SMILES string of the molecule is CC1CC(CN)(C(=O)NC2CCCCCC2C)C1. The summed E-state index contributed by atoms with van der Waals surface area (Å²) < 4.78 is 0. The Morgan fingerprint density at radius 1 is 1.22 bits per heavy atom. The maximum Gasteiger partial charge on any atom is 0.227 e. The molecule has 0 saturated heterocycles. The van der Waals surface area contributed by atoms with E-state index < -0.39 is 0 Å². The van der Waals surface area contributed by atoms with Crippen LogP contribution in [0.5, 0.6) is 0 Å².